The SMILES string of the molecule is CCCNc1nccc(Nc2cccc(Cl)c2Cl)n1. The molecule has 2 aromatic rings. The molecule has 0 saturated carbocycles. The lowest BCUT2D eigenvalue weighted by Gasteiger charge is -2.09. The second-order valence-electron chi connectivity index (χ2n) is 3.92. The third-order valence-corrected chi connectivity index (χ3v) is 3.22. The molecule has 0 radical (unpaired) electrons. The van der Waals surface area contributed by atoms with E-state index in [1.54, 1.807) is 18.3 Å². The van der Waals surface area contributed by atoms with Crippen molar-refractivity contribution >= 4 is 40.7 Å². The van der Waals surface area contributed by atoms with E-state index in [4.69, 9.17) is 23.2 Å². The molecule has 19 heavy (non-hydrogen) atoms. The smallest absolute Gasteiger partial charge is 0.224 e. The molecule has 0 aliphatic heterocycles. The fourth-order valence-electron chi connectivity index (χ4n) is 1.49. The van der Waals surface area contributed by atoms with Gasteiger partial charge in [0.2, 0.25) is 5.95 Å². The van der Waals surface area contributed by atoms with Crippen LogP contribution in [0.1, 0.15) is 13.3 Å². The topological polar surface area (TPSA) is 49.8 Å². The Kier molecular flexibility index (Phi) is 4.82. The normalized spacial score (nSPS) is 10.3. The van der Waals surface area contributed by atoms with Crippen LogP contribution in [0.4, 0.5) is 17.5 Å². The Balaban J connectivity index is 2.16. The summed E-state index contributed by atoms with van der Waals surface area (Å²) in [4.78, 5) is 8.48. The van der Waals surface area contributed by atoms with Crippen LogP contribution in [0.2, 0.25) is 10.0 Å². The van der Waals surface area contributed by atoms with Gasteiger partial charge in [0.25, 0.3) is 0 Å². The number of anilines is 3. The van der Waals surface area contributed by atoms with Gasteiger partial charge in [-0.1, -0.05) is 36.2 Å². The number of hydrogen-bond donors (Lipinski definition) is 2. The van der Waals surface area contributed by atoms with Gasteiger partial charge in [0.05, 0.1) is 15.7 Å². The van der Waals surface area contributed by atoms with Crippen LogP contribution in [0.5, 0.6) is 0 Å². The van der Waals surface area contributed by atoms with Crippen molar-refractivity contribution in [1.82, 2.24) is 9.97 Å². The van der Waals surface area contributed by atoms with Crippen molar-refractivity contribution in [3.05, 3.63) is 40.5 Å². The first kappa shape index (κ1) is 13.9. The van der Waals surface area contributed by atoms with Crippen molar-refractivity contribution in [3.8, 4) is 0 Å². The Bertz CT molecular complexity index is 560. The lowest BCUT2D eigenvalue weighted by Crippen LogP contribution is -2.05. The summed E-state index contributed by atoms with van der Waals surface area (Å²) in [7, 11) is 0. The van der Waals surface area contributed by atoms with Gasteiger partial charge in [0, 0.05) is 12.7 Å². The van der Waals surface area contributed by atoms with Crippen molar-refractivity contribution in [2.24, 2.45) is 0 Å². The van der Waals surface area contributed by atoms with E-state index in [9.17, 15) is 0 Å². The van der Waals surface area contributed by atoms with Crippen molar-refractivity contribution < 1.29 is 0 Å². The zero-order chi connectivity index (χ0) is 13.7. The third kappa shape index (κ3) is 3.72. The molecule has 0 bridgehead atoms. The fourth-order valence-corrected chi connectivity index (χ4v) is 1.84. The van der Waals surface area contributed by atoms with Crippen molar-refractivity contribution in [2.45, 2.75) is 13.3 Å². The molecule has 1 heterocycles. The summed E-state index contributed by atoms with van der Waals surface area (Å²) >= 11 is 12.1. The Labute approximate surface area is 122 Å². The lowest BCUT2D eigenvalue weighted by atomic mass is 10.3. The molecule has 0 spiro atoms. The van der Waals surface area contributed by atoms with Gasteiger partial charge >= 0.3 is 0 Å². The molecule has 0 unspecified atom stereocenters. The number of aromatic nitrogens is 2. The summed E-state index contributed by atoms with van der Waals surface area (Å²) < 4.78 is 0. The molecule has 100 valence electrons. The maximum atomic E-state index is 6.11. The number of halogens is 2. The average Bonchev–Trinajstić information content (AvgIpc) is 2.42. The number of nitrogens with one attached hydrogen (secondary N) is 2. The van der Waals surface area contributed by atoms with Gasteiger partial charge in [0.15, 0.2) is 0 Å². The molecule has 0 amide bonds. The molecule has 0 aliphatic rings. The Morgan fingerprint density at radius 1 is 1.21 bits per heavy atom. The highest BCUT2D eigenvalue weighted by molar-refractivity contribution is 6.43. The highest BCUT2D eigenvalue weighted by Gasteiger charge is 2.05. The Morgan fingerprint density at radius 2 is 2.05 bits per heavy atom. The molecule has 0 aliphatic carbocycles. The van der Waals surface area contributed by atoms with E-state index in [-0.39, 0.29) is 0 Å². The van der Waals surface area contributed by atoms with E-state index < -0.39 is 0 Å². The maximum absolute atomic E-state index is 6.11. The summed E-state index contributed by atoms with van der Waals surface area (Å²) in [6, 6.07) is 7.18. The lowest BCUT2D eigenvalue weighted by molar-refractivity contribution is 0.953. The molecule has 0 atom stereocenters. The summed E-state index contributed by atoms with van der Waals surface area (Å²) in [5, 5.41) is 7.23. The predicted molar refractivity (Wildman–Crippen MR) is 80.6 cm³/mol. The van der Waals surface area contributed by atoms with Crippen molar-refractivity contribution in [3.63, 3.8) is 0 Å². The van der Waals surface area contributed by atoms with Gasteiger partial charge in [-0.3, -0.25) is 0 Å². The van der Waals surface area contributed by atoms with Crippen LogP contribution in [-0.2, 0) is 0 Å². The second kappa shape index (κ2) is 6.59. The summed E-state index contributed by atoms with van der Waals surface area (Å²) in [5.74, 6) is 1.25. The van der Waals surface area contributed by atoms with Gasteiger partial charge in [-0.05, 0) is 24.6 Å². The fraction of sp³-hybridized carbons (Fsp3) is 0.231. The van der Waals surface area contributed by atoms with Crippen LogP contribution in [0.15, 0.2) is 30.5 Å². The Morgan fingerprint density at radius 3 is 2.84 bits per heavy atom. The van der Waals surface area contributed by atoms with Crippen molar-refractivity contribution in [2.75, 3.05) is 17.2 Å². The largest absolute Gasteiger partial charge is 0.354 e. The van der Waals surface area contributed by atoms with Crippen LogP contribution in [0, 0.1) is 0 Å². The van der Waals surface area contributed by atoms with Gasteiger partial charge in [-0.15, -0.1) is 0 Å². The number of rotatable bonds is 5. The van der Waals surface area contributed by atoms with Crippen LogP contribution in [0.3, 0.4) is 0 Å². The van der Waals surface area contributed by atoms with E-state index in [0.29, 0.717) is 27.5 Å². The minimum Gasteiger partial charge on any atom is -0.354 e. The van der Waals surface area contributed by atoms with Gasteiger partial charge < -0.3 is 10.6 Å². The minimum absolute atomic E-state index is 0.478. The first-order chi connectivity index (χ1) is 9.20. The molecular formula is C13H14Cl2N4. The highest BCUT2D eigenvalue weighted by Crippen LogP contribution is 2.31. The summed E-state index contributed by atoms with van der Waals surface area (Å²) in [5.41, 5.74) is 0.717. The van der Waals surface area contributed by atoms with Crippen LogP contribution in [0.25, 0.3) is 0 Å². The molecule has 1 aromatic carbocycles. The zero-order valence-corrected chi connectivity index (χ0v) is 12.0. The highest BCUT2D eigenvalue weighted by atomic mass is 35.5. The second-order valence-corrected chi connectivity index (χ2v) is 4.70. The molecule has 1 aromatic heterocycles. The van der Waals surface area contributed by atoms with E-state index in [0.717, 1.165) is 13.0 Å². The van der Waals surface area contributed by atoms with Crippen LogP contribution >= 0.6 is 23.2 Å². The average molecular weight is 297 g/mol. The summed E-state index contributed by atoms with van der Waals surface area (Å²) in [6.07, 6.45) is 2.70. The predicted octanol–water partition coefficient (Wildman–Crippen LogP) is 4.35. The Hall–Kier alpha value is -1.52. The van der Waals surface area contributed by atoms with Crippen molar-refractivity contribution in [1.29, 1.82) is 0 Å². The summed E-state index contributed by atoms with van der Waals surface area (Å²) in [6.45, 7) is 2.92. The monoisotopic (exact) mass is 296 g/mol. The minimum atomic E-state index is 0.478. The number of hydrogen-bond acceptors (Lipinski definition) is 4. The first-order valence-corrected chi connectivity index (χ1v) is 6.74. The molecule has 6 heteroatoms. The van der Waals surface area contributed by atoms with Gasteiger partial charge in [-0.2, -0.15) is 4.98 Å². The third-order valence-electron chi connectivity index (χ3n) is 2.40. The molecule has 0 saturated heterocycles. The molecule has 4 nitrogen and oxygen atoms in total. The molecule has 0 fully saturated rings. The van der Waals surface area contributed by atoms with Crippen LogP contribution in [-0.4, -0.2) is 16.5 Å². The quantitative estimate of drug-likeness (QED) is 0.861. The van der Waals surface area contributed by atoms with Gasteiger partial charge in [-0.25, -0.2) is 4.98 Å². The molecular weight excluding hydrogens is 283 g/mol. The van der Waals surface area contributed by atoms with E-state index in [1.807, 2.05) is 12.1 Å². The molecule has 2 rings (SSSR count). The van der Waals surface area contributed by atoms with E-state index in [2.05, 4.69) is 27.5 Å². The maximum Gasteiger partial charge on any atom is 0.224 e. The number of benzene rings is 1. The van der Waals surface area contributed by atoms with E-state index in [1.165, 1.54) is 0 Å². The number of nitrogens with zero attached hydrogens (tertiary/aromatic N) is 2. The zero-order valence-electron chi connectivity index (χ0n) is 10.5. The van der Waals surface area contributed by atoms with Gasteiger partial charge in [0.1, 0.15) is 5.82 Å². The standard InChI is InChI=1S/C13H14Cl2N4/c1-2-7-16-13-17-8-6-11(19-13)18-10-5-3-4-9(14)12(10)15/h3-6,8H,2,7H2,1H3,(H2,16,17,18,19). The molecule has 2 N–H and O–H groups in total. The van der Waals surface area contributed by atoms with E-state index >= 15 is 0 Å². The van der Waals surface area contributed by atoms with Crippen LogP contribution < -0.4 is 10.6 Å². The first-order valence-electron chi connectivity index (χ1n) is 5.98.